The molecule has 0 radical (unpaired) electrons. The third-order valence-electron chi connectivity index (χ3n) is 4.70. The number of rotatable bonds is 2. The van der Waals surface area contributed by atoms with Crippen molar-refractivity contribution >= 4 is 28.9 Å². The molecule has 0 unspecified atom stereocenters. The van der Waals surface area contributed by atoms with Gasteiger partial charge in [-0.3, -0.25) is 0 Å². The predicted molar refractivity (Wildman–Crippen MR) is 106 cm³/mol. The lowest BCUT2D eigenvalue weighted by molar-refractivity contribution is 0.915. The Bertz CT molecular complexity index is 990. The molecule has 0 bridgehead atoms. The van der Waals surface area contributed by atoms with Gasteiger partial charge in [0, 0.05) is 34.7 Å². The van der Waals surface area contributed by atoms with E-state index in [0.29, 0.717) is 29.6 Å². The Hall–Kier alpha value is -2.63. The van der Waals surface area contributed by atoms with Crippen molar-refractivity contribution in [2.75, 3.05) is 16.9 Å². The van der Waals surface area contributed by atoms with Crippen LogP contribution in [0.3, 0.4) is 0 Å². The van der Waals surface area contributed by atoms with E-state index < -0.39 is 0 Å². The Morgan fingerprint density at radius 3 is 2.77 bits per heavy atom. The fraction of sp³-hybridized carbons (Fsp3) is 0.200. The molecular formula is C20H18ClN4O-. The molecule has 0 amide bonds. The van der Waals surface area contributed by atoms with Gasteiger partial charge in [-0.1, -0.05) is 17.7 Å². The summed E-state index contributed by atoms with van der Waals surface area (Å²) in [7, 11) is 0. The number of aryl methyl sites for hydroxylation is 2. The summed E-state index contributed by atoms with van der Waals surface area (Å²) in [6.07, 6.45) is 2.39. The fourth-order valence-electron chi connectivity index (χ4n) is 3.09. The molecule has 4 rings (SSSR count). The van der Waals surface area contributed by atoms with Crippen LogP contribution in [-0.2, 0) is 6.42 Å². The topological polar surface area (TPSA) is 64.1 Å². The highest BCUT2D eigenvalue weighted by Gasteiger charge is 2.18. The van der Waals surface area contributed by atoms with Crippen molar-refractivity contribution < 1.29 is 0 Å². The van der Waals surface area contributed by atoms with Crippen LogP contribution in [0.1, 0.15) is 16.7 Å². The maximum atomic E-state index is 12.4. The zero-order valence-electron chi connectivity index (χ0n) is 14.6. The molecule has 1 aliphatic rings. The Morgan fingerprint density at radius 2 is 1.96 bits per heavy atom. The molecule has 1 aliphatic heterocycles. The van der Waals surface area contributed by atoms with Gasteiger partial charge in [0.1, 0.15) is 0 Å². The third-order valence-corrected chi connectivity index (χ3v) is 4.93. The molecule has 1 N–H and O–H groups in total. The zero-order chi connectivity index (χ0) is 18.3. The predicted octanol–water partition coefficient (Wildman–Crippen LogP) is 5.02. The Labute approximate surface area is 157 Å². The lowest BCUT2D eigenvalue weighted by Crippen LogP contribution is -2.16. The van der Waals surface area contributed by atoms with Crippen LogP contribution in [0.25, 0.3) is 11.3 Å². The van der Waals surface area contributed by atoms with Gasteiger partial charge in [0.25, 0.3) is 0 Å². The van der Waals surface area contributed by atoms with Gasteiger partial charge in [0.05, 0.1) is 5.69 Å². The average molecular weight is 366 g/mol. The quantitative estimate of drug-likeness (QED) is 0.690. The Morgan fingerprint density at radius 1 is 1.12 bits per heavy atom. The molecule has 0 atom stereocenters. The van der Waals surface area contributed by atoms with Crippen LogP contribution in [-0.4, -0.2) is 16.5 Å². The second kappa shape index (κ2) is 6.59. The lowest BCUT2D eigenvalue weighted by atomic mass is 10.1. The SMILES string of the molecule is Cc1ccc(Nc2ncc3c(n2)-c2ccc(Cl)cc2N([O-])CC3)cc1C. The first-order chi connectivity index (χ1) is 12.5. The minimum Gasteiger partial charge on any atom is -0.758 e. The highest BCUT2D eigenvalue weighted by atomic mass is 35.5. The molecule has 26 heavy (non-hydrogen) atoms. The number of hydrogen-bond acceptors (Lipinski definition) is 5. The Balaban J connectivity index is 1.76. The van der Waals surface area contributed by atoms with Gasteiger partial charge in [-0.15, -0.1) is 0 Å². The van der Waals surface area contributed by atoms with Gasteiger partial charge in [0.2, 0.25) is 5.95 Å². The molecule has 0 aliphatic carbocycles. The minimum atomic E-state index is 0.355. The van der Waals surface area contributed by atoms with E-state index in [1.54, 1.807) is 18.3 Å². The van der Waals surface area contributed by atoms with Gasteiger partial charge in [-0.25, -0.2) is 9.97 Å². The standard InChI is InChI=1S/C20H18ClN4O/c1-12-3-5-16(9-13(12)2)23-20-22-11-14-7-8-25(26)18-10-15(21)4-6-17(18)19(14)24-20/h3-6,9-11H,7-8H2,1-2H3,(H,22,23,24)/q-1. The van der Waals surface area contributed by atoms with Crippen LogP contribution in [0.4, 0.5) is 17.3 Å². The largest absolute Gasteiger partial charge is 0.758 e. The highest BCUT2D eigenvalue weighted by Crippen LogP contribution is 2.37. The molecule has 0 saturated carbocycles. The molecule has 6 heteroatoms. The molecule has 0 spiro atoms. The van der Waals surface area contributed by atoms with E-state index in [-0.39, 0.29) is 0 Å². The van der Waals surface area contributed by atoms with Gasteiger partial charge >= 0.3 is 0 Å². The maximum Gasteiger partial charge on any atom is 0.227 e. The minimum absolute atomic E-state index is 0.355. The fourth-order valence-corrected chi connectivity index (χ4v) is 3.25. The summed E-state index contributed by atoms with van der Waals surface area (Å²) < 4.78 is 0. The second-order valence-electron chi connectivity index (χ2n) is 6.51. The summed E-state index contributed by atoms with van der Waals surface area (Å²) in [6.45, 7) is 4.50. The molecular weight excluding hydrogens is 348 g/mol. The van der Waals surface area contributed by atoms with E-state index in [9.17, 15) is 5.21 Å². The van der Waals surface area contributed by atoms with E-state index in [1.165, 1.54) is 11.1 Å². The van der Waals surface area contributed by atoms with E-state index in [4.69, 9.17) is 16.6 Å². The molecule has 5 nitrogen and oxygen atoms in total. The van der Waals surface area contributed by atoms with Crippen LogP contribution in [0, 0.1) is 19.1 Å². The van der Waals surface area contributed by atoms with E-state index in [2.05, 4.69) is 36.3 Å². The summed E-state index contributed by atoms with van der Waals surface area (Å²) in [5.74, 6) is 0.507. The van der Waals surface area contributed by atoms with Crippen molar-refractivity contribution in [3.05, 3.63) is 69.5 Å². The summed E-state index contributed by atoms with van der Waals surface area (Å²) >= 11 is 6.08. The second-order valence-corrected chi connectivity index (χ2v) is 6.94. The summed E-state index contributed by atoms with van der Waals surface area (Å²) in [5, 5.41) is 17.1. The number of nitrogens with zero attached hydrogens (tertiary/aromatic N) is 3. The van der Waals surface area contributed by atoms with Crippen LogP contribution in [0.5, 0.6) is 0 Å². The van der Waals surface area contributed by atoms with Crippen LogP contribution >= 0.6 is 11.6 Å². The summed E-state index contributed by atoms with van der Waals surface area (Å²) in [5.41, 5.74) is 6.43. The van der Waals surface area contributed by atoms with Crippen molar-refractivity contribution in [1.82, 2.24) is 9.97 Å². The molecule has 132 valence electrons. The van der Waals surface area contributed by atoms with Crippen molar-refractivity contribution in [2.45, 2.75) is 20.3 Å². The van der Waals surface area contributed by atoms with Crippen molar-refractivity contribution in [3.63, 3.8) is 0 Å². The van der Waals surface area contributed by atoms with Gasteiger partial charge in [0.15, 0.2) is 0 Å². The van der Waals surface area contributed by atoms with Crippen LogP contribution < -0.4 is 10.4 Å². The molecule has 3 aromatic rings. The number of hydroxylamine groups is 1. The molecule has 2 aromatic carbocycles. The number of benzene rings is 2. The first-order valence-electron chi connectivity index (χ1n) is 8.46. The first-order valence-corrected chi connectivity index (χ1v) is 8.84. The van der Waals surface area contributed by atoms with E-state index in [1.807, 2.05) is 12.1 Å². The molecule has 1 aromatic heterocycles. The number of anilines is 3. The lowest BCUT2D eigenvalue weighted by Gasteiger charge is -2.30. The maximum absolute atomic E-state index is 12.4. The Kier molecular flexibility index (Phi) is 4.26. The van der Waals surface area contributed by atoms with E-state index in [0.717, 1.165) is 27.6 Å². The number of aromatic nitrogens is 2. The van der Waals surface area contributed by atoms with Crippen LogP contribution in [0.2, 0.25) is 5.02 Å². The highest BCUT2D eigenvalue weighted by molar-refractivity contribution is 6.31. The third kappa shape index (κ3) is 3.11. The monoisotopic (exact) mass is 365 g/mol. The zero-order valence-corrected chi connectivity index (χ0v) is 15.3. The normalized spacial score (nSPS) is 13.0. The molecule has 0 fully saturated rings. The van der Waals surface area contributed by atoms with Crippen molar-refractivity contribution in [1.29, 1.82) is 0 Å². The number of halogens is 1. The van der Waals surface area contributed by atoms with Crippen molar-refractivity contribution in [2.24, 2.45) is 0 Å². The summed E-state index contributed by atoms with van der Waals surface area (Å²) in [6, 6.07) is 11.5. The van der Waals surface area contributed by atoms with Gasteiger partial charge in [-0.05, 0) is 67.3 Å². The van der Waals surface area contributed by atoms with Gasteiger partial charge in [-0.2, -0.15) is 0 Å². The van der Waals surface area contributed by atoms with Crippen LogP contribution in [0.15, 0.2) is 42.6 Å². The summed E-state index contributed by atoms with van der Waals surface area (Å²) in [4.78, 5) is 9.12. The number of fused-ring (bicyclic) bond motifs is 3. The average Bonchev–Trinajstić information content (AvgIpc) is 2.75. The molecule has 0 saturated heterocycles. The van der Waals surface area contributed by atoms with Crippen molar-refractivity contribution in [3.8, 4) is 11.3 Å². The van der Waals surface area contributed by atoms with Gasteiger partial charge < -0.3 is 15.6 Å². The number of nitrogens with one attached hydrogen (secondary N) is 1. The smallest absolute Gasteiger partial charge is 0.227 e. The number of hydrogen-bond donors (Lipinski definition) is 1. The molecule has 2 heterocycles. The first kappa shape index (κ1) is 16.8. The van der Waals surface area contributed by atoms with E-state index >= 15 is 0 Å².